The fourth-order valence-corrected chi connectivity index (χ4v) is 4.92. The van der Waals surface area contributed by atoms with Gasteiger partial charge in [0.15, 0.2) is 0 Å². The van der Waals surface area contributed by atoms with Crippen LogP contribution in [-0.2, 0) is 0 Å². The van der Waals surface area contributed by atoms with Gasteiger partial charge in [0.2, 0.25) is 0 Å². The molecule has 4 heteroatoms. The van der Waals surface area contributed by atoms with E-state index in [1.807, 2.05) is 43.0 Å². The van der Waals surface area contributed by atoms with Gasteiger partial charge in [-0.05, 0) is 65.2 Å². The van der Waals surface area contributed by atoms with Crippen LogP contribution in [0.2, 0.25) is 0 Å². The Morgan fingerprint density at radius 1 is 0.444 bits per heavy atom. The molecule has 0 fully saturated rings. The third-order valence-corrected chi connectivity index (χ3v) is 6.72. The summed E-state index contributed by atoms with van der Waals surface area (Å²) in [7, 11) is 0. The molecule has 2 heterocycles. The van der Waals surface area contributed by atoms with Crippen LogP contribution in [0, 0.1) is 0 Å². The van der Waals surface area contributed by atoms with Gasteiger partial charge in [0, 0.05) is 11.3 Å². The molecule has 0 atom stereocenters. The molecule has 36 heavy (non-hydrogen) atoms. The standard InChI is InChI=1S/C32H22N4/c1-4-13-30(36-22-34-29-12-3-6-15-32(29)36)27(10-1)25-9-7-8-24(20-25)23-16-18-26(19-17-23)35-21-33-28-11-2-5-14-31(28)35/h1-22H. The first-order valence-electron chi connectivity index (χ1n) is 12.0. The van der Waals surface area contributed by atoms with Gasteiger partial charge in [-0.15, -0.1) is 0 Å². The van der Waals surface area contributed by atoms with Gasteiger partial charge in [-0.2, -0.15) is 0 Å². The largest absolute Gasteiger partial charge is 0.299 e. The zero-order valence-electron chi connectivity index (χ0n) is 19.5. The molecule has 7 rings (SSSR count). The molecule has 0 aliphatic carbocycles. The van der Waals surface area contributed by atoms with Crippen molar-refractivity contribution in [3.05, 3.63) is 134 Å². The summed E-state index contributed by atoms with van der Waals surface area (Å²) in [5.74, 6) is 0. The van der Waals surface area contributed by atoms with Crippen LogP contribution in [0.4, 0.5) is 0 Å². The summed E-state index contributed by atoms with van der Waals surface area (Å²) >= 11 is 0. The monoisotopic (exact) mass is 462 g/mol. The average Bonchev–Trinajstić information content (AvgIpc) is 3.58. The normalized spacial score (nSPS) is 11.3. The molecule has 0 aliphatic rings. The molecule has 0 radical (unpaired) electrons. The van der Waals surface area contributed by atoms with Gasteiger partial charge in [0.1, 0.15) is 12.7 Å². The minimum absolute atomic E-state index is 0.992. The van der Waals surface area contributed by atoms with Gasteiger partial charge in [0.05, 0.1) is 27.8 Å². The minimum Gasteiger partial charge on any atom is -0.299 e. The molecule has 170 valence electrons. The van der Waals surface area contributed by atoms with E-state index >= 15 is 0 Å². The number of aromatic nitrogens is 4. The highest BCUT2D eigenvalue weighted by Crippen LogP contribution is 2.32. The SMILES string of the molecule is c1cc(-c2ccc(-n3cnc4ccccc43)cc2)cc(-c2ccccc2-n2cnc3ccccc32)c1. The molecule has 4 nitrogen and oxygen atoms in total. The van der Waals surface area contributed by atoms with Crippen LogP contribution in [0.5, 0.6) is 0 Å². The molecule has 0 aliphatic heterocycles. The van der Waals surface area contributed by atoms with E-state index in [0.29, 0.717) is 0 Å². The second-order valence-electron chi connectivity index (χ2n) is 8.85. The zero-order chi connectivity index (χ0) is 23.9. The second-order valence-corrected chi connectivity index (χ2v) is 8.85. The summed E-state index contributed by atoms with van der Waals surface area (Å²) in [4.78, 5) is 9.13. The lowest BCUT2D eigenvalue weighted by Crippen LogP contribution is -1.95. The third kappa shape index (κ3) is 3.39. The Balaban J connectivity index is 1.27. The summed E-state index contributed by atoms with van der Waals surface area (Å²) < 4.78 is 4.29. The number of nitrogens with zero attached hydrogens (tertiary/aromatic N) is 4. The van der Waals surface area contributed by atoms with E-state index in [4.69, 9.17) is 0 Å². The van der Waals surface area contributed by atoms with Crippen molar-refractivity contribution in [1.82, 2.24) is 19.1 Å². The maximum Gasteiger partial charge on any atom is 0.100 e. The Hall–Kier alpha value is -4.96. The van der Waals surface area contributed by atoms with Gasteiger partial charge < -0.3 is 0 Å². The van der Waals surface area contributed by atoms with Crippen molar-refractivity contribution in [3.63, 3.8) is 0 Å². The van der Waals surface area contributed by atoms with Crippen LogP contribution in [-0.4, -0.2) is 19.1 Å². The Labute approximate surface area is 208 Å². The lowest BCUT2D eigenvalue weighted by Gasteiger charge is -2.13. The maximum atomic E-state index is 4.60. The number of rotatable bonds is 4. The van der Waals surface area contributed by atoms with Gasteiger partial charge in [-0.25, -0.2) is 9.97 Å². The minimum atomic E-state index is 0.992. The smallest absolute Gasteiger partial charge is 0.100 e. The van der Waals surface area contributed by atoms with Gasteiger partial charge >= 0.3 is 0 Å². The van der Waals surface area contributed by atoms with Crippen LogP contribution in [0.15, 0.2) is 134 Å². The van der Waals surface area contributed by atoms with Crippen molar-refractivity contribution >= 4 is 22.1 Å². The quantitative estimate of drug-likeness (QED) is 0.269. The summed E-state index contributed by atoms with van der Waals surface area (Å²) in [6.45, 7) is 0. The molecule has 0 amide bonds. The number of hydrogen-bond acceptors (Lipinski definition) is 2. The molecular formula is C32H22N4. The highest BCUT2D eigenvalue weighted by molar-refractivity contribution is 5.83. The van der Waals surface area contributed by atoms with Crippen molar-refractivity contribution in [2.24, 2.45) is 0 Å². The van der Waals surface area contributed by atoms with Crippen molar-refractivity contribution in [2.75, 3.05) is 0 Å². The highest BCUT2D eigenvalue weighted by atomic mass is 15.1. The Bertz CT molecular complexity index is 1840. The van der Waals surface area contributed by atoms with E-state index in [1.54, 1.807) is 0 Å². The van der Waals surface area contributed by atoms with Crippen LogP contribution in [0.3, 0.4) is 0 Å². The summed E-state index contributed by atoms with van der Waals surface area (Å²) in [6, 6.07) is 42.3. The summed E-state index contributed by atoms with van der Waals surface area (Å²) in [6.07, 6.45) is 3.79. The molecule has 0 N–H and O–H groups in total. The lowest BCUT2D eigenvalue weighted by atomic mass is 9.97. The molecule has 0 saturated carbocycles. The lowest BCUT2D eigenvalue weighted by molar-refractivity contribution is 1.09. The molecule has 7 aromatic rings. The van der Waals surface area contributed by atoms with E-state index in [2.05, 4.69) is 110 Å². The van der Waals surface area contributed by atoms with Crippen molar-refractivity contribution < 1.29 is 0 Å². The molecule has 0 saturated heterocycles. The predicted octanol–water partition coefficient (Wildman–Crippen LogP) is 7.70. The van der Waals surface area contributed by atoms with Gasteiger partial charge in [-0.1, -0.05) is 72.8 Å². The molecule has 0 unspecified atom stereocenters. The average molecular weight is 463 g/mol. The molecule has 2 aromatic heterocycles. The highest BCUT2D eigenvalue weighted by Gasteiger charge is 2.11. The van der Waals surface area contributed by atoms with E-state index in [0.717, 1.165) is 33.4 Å². The number of imidazole rings is 2. The Morgan fingerprint density at radius 2 is 1.06 bits per heavy atom. The fourth-order valence-electron chi connectivity index (χ4n) is 4.92. The number of fused-ring (bicyclic) bond motifs is 2. The van der Waals surface area contributed by atoms with Crippen LogP contribution < -0.4 is 0 Å². The number of para-hydroxylation sites is 5. The van der Waals surface area contributed by atoms with E-state index in [-0.39, 0.29) is 0 Å². The van der Waals surface area contributed by atoms with E-state index < -0.39 is 0 Å². The summed E-state index contributed by atoms with van der Waals surface area (Å²) in [5.41, 5.74) is 11.1. The van der Waals surface area contributed by atoms with Crippen molar-refractivity contribution in [2.45, 2.75) is 0 Å². The first kappa shape index (κ1) is 20.4. The topological polar surface area (TPSA) is 35.6 Å². The van der Waals surface area contributed by atoms with E-state index in [9.17, 15) is 0 Å². The molecule has 0 spiro atoms. The van der Waals surface area contributed by atoms with E-state index in [1.165, 1.54) is 22.3 Å². The fraction of sp³-hybridized carbons (Fsp3) is 0. The van der Waals surface area contributed by atoms with Crippen LogP contribution >= 0.6 is 0 Å². The zero-order valence-corrected chi connectivity index (χ0v) is 19.5. The number of benzene rings is 5. The molecular weight excluding hydrogens is 440 g/mol. The van der Waals surface area contributed by atoms with Crippen molar-refractivity contribution in [1.29, 1.82) is 0 Å². The molecule has 5 aromatic carbocycles. The van der Waals surface area contributed by atoms with Crippen LogP contribution in [0.1, 0.15) is 0 Å². The predicted molar refractivity (Wildman–Crippen MR) is 147 cm³/mol. The van der Waals surface area contributed by atoms with Crippen molar-refractivity contribution in [3.8, 4) is 33.6 Å². The first-order chi connectivity index (χ1) is 17.8. The Morgan fingerprint density at radius 3 is 1.83 bits per heavy atom. The Kier molecular flexibility index (Phi) is 4.74. The van der Waals surface area contributed by atoms with Gasteiger partial charge in [-0.3, -0.25) is 9.13 Å². The third-order valence-electron chi connectivity index (χ3n) is 6.72. The molecule has 0 bridgehead atoms. The first-order valence-corrected chi connectivity index (χ1v) is 12.0. The maximum absolute atomic E-state index is 4.60. The second kappa shape index (κ2) is 8.36. The van der Waals surface area contributed by atoms with Gasteiger partial charge in [0.25, 0.3) is 0 Å². The number of hydrogen-bond donors (Lipinski definition) is 0. The summed E-state index contributed by atoms with van der Waals surface area (Å²) in [5, 5.41) is 0. The van der Waals surface area contributed by atoms with Crippen LogP contribution in [0.25, 0.3) is 55.7 Å².